The van der Waals surface area contributed by atoms with Crippen LogP contribution in [0, 0.1) is 5.41 Å². The van der Waals surface area contributed by atoms with Gasteiger partial charge in [-0.15, -0.1) is 12.6 Å². The molecule has 0 aliphatic rings. The van der Waals surface area contributed by atoms with Crippen LogP contribution in [0.3, 0.4) is 0 Å². The molecule has 0 radical (unpaired) electrons. The molecule has 5 heteroatoms. The molecule has 1 rings (SSSR count). The lowest BCUT2D eigenvalue weighted by atomic mass is 9.84. The zero-order valence-electron chi connectivity index (χ0n) is 9.56. The van der Waals surface area contributed by atoms with Crippen LogP contribution in [0.4, 0.5) is 4.79 Å². The van der Waals surface area contributed by atoms with Gasteiger partial charge in [0, 0.05) is 11.1 Å². The molecule has 4 nitrogen and oxygen atoms in total. The van der Waals surface area contributed by atoms with Gasteiger partial charge in [0.15, 0.2) is 0 Å². The van der Waals surface area contributed by atoms with Gasteiger partial charge in [0.05, 0.1) is 11.7 Å². The molecule has 1 heterocycles. The number of nitrogens with one attached hydrogen (secondary N) is 1. The maximum Gasteiger partial charge on any atom is 0.405 e. The maximum absolute atomic E-state index is 10.8. The highest BCUT2D eigenvalue weighted by atomic mass is 32.1. The molecule has 0 fully saturated rings. The van der Waals surface area contributed by atoms with E-state index in [1.54, 1.807) is 18.3 Å². The van der Waals surface area contributed by atoms with E-state index in [4.69, 9.17) is 5.11 Å². The van der Waals surface area contributed by atoms with Crippen molar-refractivity contribution in [2.45, 2.75) is 31.7 Å². The number of aromatic nitrogens is 1. The fraction of sp³-hybridized carbons (Fsp3) is 0.455. The summed E-state index contributed by atoms with van der Waals surface area (Å²) in [5.74, 6) is 0. The van der Waals surface area contributed by atoms with E-state index in [1.807, 2.05) is 20.8 Å². The van der Waals surface area contributed by atoms with E-state index in [9.17, 15) is 4.79 Å². The molecule has 1 aromatic heterocycles. The Morgan fingerprint density at radius 1 is 1.56 bits per heavy atom. The molecule has 0 aliphatic carbocycles. The van der Waals surface area contributed by atoms with E-state index in [0.717, 1.165) is 0 Å². The predicted molar refractivity (Wildman–Crippen MR) is 64.8 cm³/mol. The summed E-state index contributed by atoms with van der Waals surface area (Å²) in [5.41, 5.74) is 0.394. The van der Waals surface area contributed by atoms with Gasteiger partial charge >= 0.3 is 6.09 Å². The topological polar surface area (TPSA) is 62.2 Å². The number of nitrogens with zero attached hydrogens (tertiary/aromatic N) is 1. The number of thiol groups is 1. The third-order valence-electron chi connectivity index (χ3n) is 2.22. The standard InChI is InChI=1S/C11H16N2O2S/c1-11(2,3)9(13-10(14)15)8-7(16)5-4-6-12-8/h4-6,9,13,16H,1-3H3,(H,14,15). The Bertz CT molecular complexity index is 388. The Kier molecular flexibility index (Phi) is 3.80. The fourth-order valence-electron chi connectivity index (χ4n) is 1.45. The van der Waals surface area contributed by atoms with Crippen LogP contribution in [-0.4, -0.2) is 16.2 Å². The lowest BCUT2D eigenvalue weighted by Gasteiger charge is -2.30. The molecule has 0 saturated carbocycles. The van der Waals surface area contributed by atoms with Crippen molar-refractivity contribution in [3.8, 4) is 0 Å². The quantitative estimate of drug-likeness (QED) is 0.696. The highest BCUT2D eigenvalue weighted by Crippen LogP contribution is 2.34. The van der Waals surface area contributed by atoms with Crippen LogP contribution in [0.25, 0.3) is 0 Å². The second-order valence-corrected chi connectivity index (χ2v) is 5.14. The molecular weight excluding hydrogens is 224 g/mol. The summed E-state index contributed by atoms with van der Waals surface area (Å²) in [5, 5.41) is 11.3. The Balaban J connectivity index is 3.12. The van der Waals surface area contributed by atoms with E-state index in [2.05, 4.69) is 22.9 Å². The molecule has 88 valence electrons. The maximum atomic E-state index is 10.8. The van der Waals surface area contributed by atoms with E-state index in [-0.39, 0.29) is 11.5 Å². The first-order valence-electron chi connectivity index (χ1n) is 4.95. The van der Waals surface area contributed by atoms with Crippen molar-refractivity contribution in [1.82, 2.24) is 10.3 Å². The lowest BCUT2D eigenvalue weighted by molar-refractivity contribution is 0.173. The van der Waals surface area contributed by atoms with E-state index < -0.39 is 6.09 Å². The van der Waals surface area contributed by atoms with Crippen molar-refractivity contribution in [3.63, 3.8) is 0 Å². The molecule has 0 saturated heterocycles. The third kappa shape index (κ3) is 3.13. The molecule has 1 atom stereocenters. The van der Waals surface area contributed by atoms with Crippen molar-refractivity contribution >= 4 is 18.7 Å². The molecular formula is C11H16N2O2S. The largest absolute Gasteiger partial charge is 0.465 e. The van der Waals surface area contributed by atoms with Gasteiger partial charge in [0.2, 0.25) is 0 Å². The summed E-state index contributed by atoms with van der Waals surface area (Å²) < 4.78 is 0. The number of carbonyl (C=O) groups is 1. The number of rotatable bonds is 2. The second-order valence-electron chi connectivity index (χ2n) is 4.66. The average molecular weight is 240 g/mol. The smallest absolute Gasteiger partial charge is 0.405 e. The molecule has 0 bridgehead atoms. The van der Waals surface area contributed by atoms with Gasteiger partial charge in [-0.25, -0.2) is 4.79 Å². The summed E-state index contributed by atoms with van der Waals surface area (Å²) in [6.07, 6.45) is 0.579. The Labute approximate surface area is 101 Å². The lowest BCUT2D eigenvalue weighted by Crippen LogP contribution is -2.36. The van der Waals surface area contributed by atoms with Gasteiger partial charge < -0.3 is 10.4 Å². The molecule has 1 aromatic rings. The fourth-order valence-corrected chi connectivity index (χ4v) is 1.72. The van der Waals surface area contributed by atoms with Crippen LogP contribution in [0.2, 0.25) is 0 Å². The van der Waals surface area contributed by atoms with Gasteiger partial charge in [-0.3, -0.25) is 4.98 Å². The molecule has 16 heavy (non-hydrogen) atoms. The summed E-state index contributed by atoms with van der Waals surface area (Å²) in [7, 11) is 0. The van der Waals surface area contributed by atoms with Gasteiger partial charge in [0.25, 0.3) is 0 Å². The molecule has 2 N–H and O–H groups in total. The summed E-state index contributed by atoms with van der Waals surface area (Å²) in [4.78, 5) is 15.7. The van der Waals surface area contributed by atoms with Gasteiger partial charge in [-0.2, -0.15) is 0 Å². The summed E-state index contributed by atoms with van der Waals surface area (Å²) in [6, 6.07) is 3.19. The van der Waals surface area contributed by atoms with Crippen LogP contribution in [0.1, 0.15) is 32.5 Å². The first-order chi connectivity index (χ1) is 7.32. The second kappa shape index (κ2) is 4.74. The summed E-state index contributed by atoms with van der Waals surface area (Å²) in [6.45, 7) is 5.86. The highest BCUT2D eigenvalue weighted by Gasteiger charge is 2.30. The highest BCUT2D eigenvalue weighted by molar-refractivity contribution is 7.80. The SMILES string of the molecule is CC(C)(C)C(NC(=O)O)c1ncccc1S. The summed E-state index contributed by atoms with van der Waals surface area (Å²) >= 11 is 4.30. The van der Waals surface area contributed by atoms with Crippen molar-refractivity contribution in [2.75, 3.05) is 0 Å². The minimum atomic E-state index is -1.06. The van der Waals surface area contributed by atoms with Crippen molar-refractivity contribution < 1.29 is 9.90 Å². The van der Waals surface area contributed by atoms with Crippen molar-refractivity contribution in [2.24, 2.45) is 5.41 Å². The normalized spacial score (nSPS) is 13.2. The van der Waals surface area contributed by atoms with Gasteiger partial charge in [-0.05, 0) is 17.5 Å². The monoisotopic (exact) mass is 240 g/mol. The van der Waals surface area contributed by atoms with E-state index in [0.29, 0.717) is 10.6 Å². The van der Waals surface area contributed by atoms with E-state index in [1.165, 1.54) is 0 Å². The molecule has 1 unspecified atom stereocenters. The number of pyridine rings is 1. The predicted octanol–water partition coefficient (Wildman–Crippen LogP) is 2.73. The minimum absolute atomic E-state index is 0.260. The van der Waals surface area contributed by atoms with Crippen LogP contribution in [0.15, 0.2) is 23.2 Å². The minimum Gasteiger partial charge on any atom is -0.465 e. The zero-order valence-corrected chi connectivity index (χ0v) is 10.5. The Morgan fingerprint density at radius 3 is 2.62 bits per heavy atom. The third-order valence-corrected chi connectivity index (χ3v) is 2.60. The molecule has 0 aromatic carbocycles. The Hall–Kier alpha value is -1.23. The van der Waals surface area contributed by atoms with Crippen LogP contribution < -0.4 is 5.32 Å². The van der Waals surface area contributed by atoms with Gasteiger partial charge in [0.1, 0.15) is 0 Å². The molecule has 0 aliphatic heterocycles. The van der Waals surface area contributed by atoms with Gasteiger partial charge in [-0.1, -0.05) is 20.8 Å². The molecule has 1 amide bonds. The first kappa shape index (κ1) is 12.8. The zero-order chi connectivity index (χ0) is 12.3. The van der Waals surface area contributed by atoms with Crippen LogP contribution in [-0.2, 0) is 0 Å². The van der Waals surface area contributed by atoms with E-state index >= 15 is 0 Å². The van der Waals surface area contributed by atoms with Crippen molar-refractivity contribution in [3.05, 3.63) is 24.0 Å². The number of hydrogen-bond donors (Lipinski definition) is 3. The first-order valence-corrected chi connectivity index (χ1v) is 5.40. The number of hydrogen-bond acceptors (Lipinski definition) is 3. The van der Waals surface area contributed by atoms with Crippen LogP contribution >= 0.6 is 12.6 Å². The average Bonchev–Trinajstić information content (AvgIpc) is 2.13. The van der Waals surface area contributed by atoms with Crippen molar-refractivity contribution in [1.29, 1.82) is 0 Å². The Morgan fingerprint density at radius 2 is 2.19 bits per heavy atom. The number of carboxylic acid groups (broad SMARTS) is 1. The molecule has 0 spiro atoms. The van der Waals surface area contributed by atoms with Crippen LogP contribution in [0.5, 0.6) is 0 Å². The number of amides is 1.